The SMILES string of the molecule is O=c1cc2sccc2c[nH]1. The van der Waals surface area contributed by atoms with Crippen molar-refractivity contribution in [3.05, 3.63) is 34.1 Å². The number of pyridine rings is 1. The summed E-state index contributed by atoms with van der Waals surface area (Å²) in [4.78, 5) is 13.3. The van der Waals surface area contributed by atoms with Crippen molar-refractivity contribution in [2.24, 2.45) is 0 Å². The van der Waals surface area contributed by atoms with Gasteiger partial charge < -0.3 is 4.98 Å². The summed E-state index contributed by atoms with van der Waals surface area (Å²) in [6.07, 6.45) is 1.73. The predicted octanol–water partition coefficient (Wildman–Crippen LogP) is 1.59. The number of hydrogen-bond acceptors (Lipinski definition) is 2. The lowest BCUT2D eigenvalue weighted by atomic mass is 10.3. The Hall–Kier alpha value is -1.09. The first-order valence-electron chi connectivity index (χ1n) is 2.92. The van der Waals surface area contributed by atoms with Crippen LogP contribution in [-0.4, -0.2) is 4.98 Å². The Labute approximate surface area is 61.1 Å². The zero-order valence-electron chi connectivity index (χ0n) is 5.13. The van der Waals surface area contributed by atoms with Gasteiger partial charge in [-0.05, 0) is 11.4 Å². The summed E-state index contributed by atoms with van der Waals surface area (Å²) >= 11 is 1.58. The van der Waals surface area contributed by atoms with Crippen LogP contribution in [0.5, 0.6) is 0 Å². The minimum Gasteiger partial charge on any atom is -0.328 e. The molecule has 1 N–H and O–H groups in total. The van der Waals surface area contributed by atoms with E-state index in [0.717, 1.165) is 10.1 Å². The van der Waals surface area contributed by atoms with Crippen molar-refractivity contribution < 1.29 is 0 Å². The van der Waals surface area contributed by atoms with Crippen LogP contribution >= 0.6 is 11.3 Å². The molecule has 0 radical (unpaired) electrons. The van der Waals surface area contributed by atoms with Crippen molar-refractivity contribution in [1.29, 1.82) is 0 Å². The minimum atomic E-state index is -0.0325. The average Bonchev–Trinajstić information content (AvgIpc) is 2.33. The second-order valence-electron chi connectivity index (χ2n) is 2.04. The van der Waals surface area contributed by atoms with Gasteiger partial charge in [0.2, 0.25) is 5.56 Å². The molecule has 0 saturated heterocycles. The zero-order chi connectivity index (χ0) is 6.97. The smallest absolute Gasteiger partial charge is 0.249 e. The van der Waals surface area contributed by atoms with Crippen LogP contribution in [0.2, 0.25) is 0 Å². The summed E-state index contributed by atoms with van der Waals surface area (Å²) in [7, 11) is 0. The van der Waals surface area contributed by atoms with Gasteiger partial charge in [0.1, 0.15) is 0 Å². The van der Waals surface area contributed by atoms with E-state index in [4.69, 9.17) is 0 Å². The first-order chi connectivity index (χ1) is 4.86. The fourth-order valence-corrected chi connectivity index (χ4v) is 1.68. The molecule has 0 unspecified atom stereocenters. The number of fused-ring (bicyclic) bond motifs is 1. The number of hydrogen-bond donors (Lipinski definition) is 1. The van der Waals surface area contributed by atoms with Gasteiger partial charge in [0.25, 0.3) is 0 Å². The van der Waals surface area contributed by atoms with Gasteiger partial charge in [0.05, 0.1) is 0 Å². The van der Waals surface area contributed by atoms with Crippen LogP contribution in [0, 0.1) is 0 Å². The summed E-state index contributed by atoms with van der Waals surface area (Å²) in [6, 6.07) is 3.59. The number of rotatable bonds is 0. The molecule has 10 heavy (non-hydrogen) atoms. The molecule has 0 aliphatic heterocycles. The molecular weight excluding hydrogens is 146 g/mol. The molecular formula is C7H5NOS. The lowest BCUT2D eigenvalue weighted by Crippen LogP contribution is -1.99. The molecule has 0 aliphatic carbocycles. The first-order valence-corrected chi connectivity index (χ1v) is 3.80. The van der Waals surface area contributed by atoms with E-state index in [1.165, 1.54) is 0 Å². The summed E-state index contributed by atoms with van der Waals surface area (Å²) in [5.74, 6) is 0. The van der Waals surface area contributed by atoms with Crippen LogP contribution in [0.15, 0.2) is 28.5 Å². The van der Waals surface area contributed by atoms with Crippen molar-refractivity contribution in [3.8, 4) is 0 Å². The topological polar surface area (TPSA) is 32.9 Å². The lowest BCUT2D eigenvalue weighted by molar-refractivity contribution is 1.27. The van der Waals surface area contributed by atoms with E-state index >= 15 is 0 Å². The fraction of sp³-hybridized carbons (Fsp3) is 0. The van der Waals surface area contributed by atoms with E-state index in [1.54, 1.807) is 23.6 Å². The summed E-state index contributed by atoms with van der Waals surface area (Å²) in [6.45, 7) is 0. The highest BCUT2D eigenvalue weighted by Gasteiger charge is 1.92. The zero-order valence-corrected chi connectivity index (χ0v) is 5.94. The van der Waals surface area contributed by atoms with Crippen LogP contribution in [0.1, 0.15) is 0 Å². The lowest BCUT2D eigenvalue weighted by Gasteiger charge is -1.83. The van der Waals surface area contributed by atoms with E-state index in [2.05, 4.69) is 4.98 Å². The molecule has 2 heterocycles. The Morgan fingerprint density at radius 1 is 1.50 bits per heavy atom. The molecule has 0 aliphatic rings. The maximum Gasteiger partial charge on any atom is 0.249 e. The fourth-order valence-electron chi connectivity index (χ4n) is 0.877. The van der Waals surface area contributed by atoms with Crippen molar-refractivity contribution in [1.82, 2.24) is 4.98 Å². The standard InChI is InChI=1S/C7H5NOS/c9-7-3-6-5(4-8-7)1-2-10-6/h1-4H,(H,8,9). The normalized spacial score (nSPS) is 10.4. The predicted molar refractivity (Wildman–Crippen MR) is 42.4 cm³/mol. The van der Waals surface area contributed by atoms with Gasteiger partial charge in [-0.25, -0.2) is 0 Å². The molecule has 0 fully saturated rings. The van der Waals surface area contributed by atoms with Gasteiger partial charge in [0.15, 0.2) is 0 Å². The maximum atomic E-state index is 10.7. The molecule has 2 rings (SSSR count). The second-order valence-corrected chi connectivity index (χ2v) is 2.99. The molecule has 0 saturated carbocycles. The van der Waals surface area contributed by atoms with Gasteiger partial charge in [-0.1, -0.05) is 0 Å². The van der Waals surface area contributed by atoms with Crippen molar-refractivity contribution in [2.75, 3.05) is 0 Å². The van der Waals surface area contributed by atoms with Crippen LogP contribution in [0.3, 0.4) is 0 Å². The monoisotopic (exact) mass is 151 g/mol. The van der Waals surface area contributed by atoms with E-state index in [1.807, 2.05) is 11.4 Å². The van der Waals surface area contributed by atoms with Crippen molar-refractivity contribution in [3.63, 3.8) is 0 Å². The Morgan fingerprint density at radius 2 is 2.40 bits per heavy atom. The molecule has 0 spiro atoms. The Bertz CT molecular complexity index is 401. The number of H-pyrrole nitrogens is 1. The Kier molecular flexibility index (Phi) is 1.11. The molecule has 0 bridgehead atoms. The highest BCUT2D eigenvalue weighted by molar-refractivity contribution is 7.17. The first kappa shape index (κ1) is 5.68. The van der Waals surface area contributed by atoms with Crippen LogP contribution < -0.4 is 5.56 Å². The van der Waals surface area contributed by atoms with Crippen LogP contribution in [-0.2, 0) is 0 Å². The molecule has 0 aromatic carbocycles. The highest BCUT2D eigenvalue weighted by atomic mass is 32.1. The van der Waals surface area contributed by atoms with E-state index in [9.17, 15) is 4.79 Å². The largest absolute Gasteiger partial charge is 0.328 e. The Balaban J connectivity index is 2.99. The maximum absolute atomic E-state index is 10.7. The number of aromatic amines is 1. The molecule has 2 nitrogen and oxygen atoms in total. The minimum absolute atomic E-state index is 0.0325. The highest BCUT2D eigenvalue weighted by Crippen LogP contribution is 2.16. The van der Waals surface area contributed by atoms with Gasteiger partial charge in [0, 0.05) is 22.3 Å². The molecule has 2 aromatic rings. The van der Waals surface area contributed by atoms with E-state index < -0.39 is 0 Å². The molecule has 50 valence electrons. The van der Waals surface area contributed by atoms with Crippen LogP contribution in [0.25, 0.3) is 10.1 Å². The third-order valence-corrected chi connectivity index (χ3v) is 2.24. The molecule has 3 heteroatoms. The number of thiophene rings is 1. The van der Waals surface area contributed by atoms with Crippen molar-refractivity contribution >= 4 is 21.4 Å². The third-order valence-electron chi connectivity index (χ3n) is 1.36. The molecule has 0 amide bonds. The van der Waals surface area contributed by atoms with Gasteiger partial charge in [-0.15, -0.1) is 11.3 Å². The second kappa shape index (κ2) is 1.95. The summed E-state index contributed by atoms with van der Waals surface area (Å²) in [5.41, 5.74) is -0.0325. The summed E-state index contributed by atoms with van der Waals surface area (Å²) < 4.78 is 1.05. The number of nitrogens with one attached hydrogen (secondary N) is 1. The van der Waals surface area contributed by atoms with Crippen molar-refractivity contribution in [2.45, 2.75) is 0 Å². The van der Waals surface area contributed by atoms with Gasteiger partial charge in [-0.3, -0.25) is 4.79 Å². The molecule has 2 aromatic heterocycles. The average molecular weight is 151 g/mol. The van der Waals surface area contributed by atoms with E-state index in [0.29, 0.717) is 0 Å². The quantitative estimate of drug-likeness (QED) is 0.609. The van der Waals surface area contributed by atoms with Crippen LogP contribution in [0.4, 0.5) is 0 Å². The summed E-state index contributed by atoms with van der Waals surface area (Å²) in [5, 5.41) is 3.07. The Morgan fingerprint density at radius 3 is 3.30 bits per heavy atom. The van der Waals surface area contributed by atoms with Gasteiger partial charge in [-0.2, -0.15) is 0 Å². The third kappa shape index (κ3) is 0.752. The number of aromatic nitrogens is 1. The van der Waals surface area contributed by atoms with E-state index in [-0.39, 0.29) is 5.56 Å². The molecule has 0 atom stereocenters. The van der Waals surface area contributed by atoms with Gasteiger partial charge >= 0.3 is 0 Å².